The molecule has 5 heteroatoms. The Morgan fingerprint density at radius 3 is 2.93 bits per heavy atom. The number of aliphatic carboxylic acids is 1. The van der Waals surface area contributed by atoms with E-state index >= 15 is 0 Å². The predicted octanol–water partition coefficient (Wildman–Crippen LogP) is 0.494. The highest BCUT2D eigenvalue weighted by Gasteiger charge is 1.99. The maximum atomic E-state index is 10.9. The molecule has 0 aromatic carbocycles. The summed E-state index contributed by atoms with van der Waals surface area (Å²) in [5.41, 5.74) is 0. The minimum Gasteiger partial charge on any atom is -0.480 e. The van der Waals surface area contributed by atoms with Crippen LogP contribution < -0.4 is 5.32 Å². The number of hydrogen-bond acceptors (Lipinski definition) is 3. The van der Waals surface area contributed by atoms with E-state index in [2.05, 4.69) is 5.32 Å². The molecule has 0 unspecified atom stereocenters. The van der Waals surface area contributed by atoms with E-state index < -0.39 is 11.9 Å². The molecular formula is C9H9NO4. The highest BCUT2D eigenvalue weighted by atomic mass is 16.4. The molecule has 0 radical (unpaired) electrons. The van der Waals surface area contributed by atoms with E-state index in [9.17, 15) is 9.59 Å². The lowest BCUT2D eigenvalue weighted by molar-refractivity contribution is -0.137. The first-order valence-electron chi connectivity index (χ1n) is 3.89. The molecule has 0 atom stereocenters. The maximum absolute atomic E-state index is 10.9. The smallest absolute Gasteiger partial charge is 0.322 e. The molecular weight excluding hydrogens is 186 g/mol. The summed E-state index contributed by atoms with van der Waals surface area (Å²) in [4.78, 5) is 21.0. The number of carbonyl (C=O) groups is 2. The van der Waals surface area contributed by atoms with Crippen LogP contribution in [0.5, 0.6) is 0 Å². The molecule has 1 aromatic heterocycles. The fourth-order valence-corrected chi connectivity index (χ4v) is 0.766. The summed E-state index contributed by atoms with van der Waals surface area (Å²) in [6.07, 6.45) is 4.15. The number of carboxylic acid groups (broad SMARTS) is 1. The molecule has 1 aromatic rings. The fourth-order valence-electron chi connectivity index (χ4n) is 0.766. The van der Waals surface area contributed by atoms with Crippen molar-refractivity contribution in [1.82, 2.24) is 5.32 Å². The molecule has 0 bridgehead atoms. The van der Waals surface area contributed by atoms with Crippen LogP contribution in [0, 0.1) is 0 Å². The van der Waals surface area contributed by atoms with E-state index in [0.717, 1.165) is 0 Å². The van der Waals surface area contributed by atoms with Crippen molar-refractivity contribution in [3.63, 3.8) is 0 Å². The van der Waals surface area contributed by atoms with Crippen molar-refractivity contribution >= 4 is 18.0 Å². The minimum absolute atomic E-state index is 0.388. The van der Waals surface area contributed by atoms with Gasteiger partial charge >= 0.3 is 5.97 Å². The normalized spacial score (nSPS) is 10.3. The van der Waals surface area contributed by atoms with Crippen molar-refractivity contribution in [2.24, 2.45) is 0 Å². The van der Waals surface area contributed by atoms with Crippen molar-refractivity contribution in [3.8, 4) is 0 Å². The first-order valence-corrected chi connectivity index (χ1v) is 3.89. The summed E-state index contributed by atoms with van der Waals surface area (Å²) in [7, 11) is 0. The van der Waals surface area contributed by atoms with Crippen LogP contribution >= 0.6 is 0 Å². The van der Waals surface area contributed by atoms with E-state index in [1.165, 1.54) is 18.4 Å². The Kier molecular flexibility index (Phi) is 3.49. The van der Waals surface area contributed by atoms with Crippen molar-refractivity contribution < 1.29 is 19.1 Å². The summed E-state index contributed by atoms with van der Waals surface area (Å²) >= 11 is 0. The zero-order chi connectivity index (χ0) is 10.4. The van der Waals surface area contributed by atoms with Gasteiger partial charge in [0.2, 0.25) is 5.91 Å². The van der Waals surface area contributed by atoms with Crippen LogP contribution in [0.4, 0.5) is 0 Å². The van der Waals surface area contributed by atoms with Crippen LogP contribution in [0.3, 0.4) is 0 Å². The number of carboxylic acids is 1. The highest BCUT2D eigenvalue weighted by molar-refractivity contribution is 5.93. The van der Waals surface area contributed by atoms with Crippen molar-refractivity contribution in [2.75, 3.05) is 6.54 Å². The lowest BCUT2D eigenvalue weighted by Gasteiger charge is -1.94. The molecule has 1 amide bonds. The minimum atomic E-state index is -1.08. The van der Waals surface area contributed by atoms with Crippen molar-refractivity contribution in [1.29, 1.82) is 0 Å². The molecule has 1 heterocycles. The van der Waals surface area contributed by atoms with Crippen LogP contribution in [-0.4, -0.2) is 23.5 Å². The van der Waals surface area contributed by atoms with Gasteiger partial charge in [-0.1, -0.05) is 0 Å². The van der Waals surface area contributed by atoms with Gasteiger partial charge in [-0.3, -0.25) is 9.59 Å². The fraction of sp³-hybridized carbons (Fsp3) is 0.111. The predicted molar refractivity (Wildman–Crippen MR) is 48.4 cm³/mol. The summed E-state index contributed by atoms with van der Waals surface area (Å²) in [5.74, 6) is -1.01. The lowest BCUT2D eigenvalue weighted by Crippen LogP contribution is -2.27. The van der Waals surface area contributed by atoms with Crippen LogP contribution in [0.1, 0.15) is 5.76 Å². The lowest BCUT2D eigenvalue weighted by atomic mass is 10.4. The Labute approximate surface area is 80.0 Å². The Bertz CT molecular complexity index is 340. The standard InChI is InChI=1S/C9H9NO4/c11-8(10-6-9(12)13)4-3-7-2-1-5-14-7/h1-5H,6H2,(H,10,11)(H,12,13)/b4-3-. The van der Waals surface area contributed by atoms with E-state index in [4.69, 9.17) is 9.52 Å². The van der Waals surface area contributed by atoms with Crippen LogP contribution in [0.2, 0.25) is 0 Å². The second kappa shape index (κ2) is 4.86. The Morgan fingerprint density at radius 1 is 1.57 bits per heavy atom. The maximum Gasteiger partial charge on any atom is 0.322 e. The third-order valence-corrected chi connectivity index (χ3v) is 1.36. The molecule has 1 rings (SSSR count). The molecule has 0 saturated carbocycles. The largest absolute Gasteiger partial charge is 0.480 e. The van der Waals surface area contributed by atoms with Gasteiger partial charge in [0.25, 0.3) is 0 Å². The number of rotatable bonds is 4. The Hall–Kier alpha value is -2.04. The van der Waals surface area contributed by atoms with Gasteiger partial charge in [0.15, 0.2) is 0 Å². The van der Waals surface area contributed by atoms with Gasteiger partial charge in [0.05, 0.1) is 6.26 Å². The van der Waals surface area contributed by atoms with Gasteiger partial charge in [-0.25, -0.2) is 0 Å². The van der Waals surface area contributed by atoms with Gasteiger partial charge in [-0.2, -0.15) is 0 Å². The van der Waals surface area contributed by atoms with E-state index in [-0.39, 0.29) is 6.54 Å². The first-order chi connectivity index (χ1) is 6.68. The molecule has 0 saturated heterocycles. The molecule has 2 N–H and O–H groups in total. The zero-order valence-corrected chi connectivity index (χ0v) is 7.27. The van der Waals surface area contributed by atoms with E-state index in [1.807, 2.05) is 0 Å². The van der Waals surface area contributed by atoms with Crippen LogP contribution in [0.25, 0.3) is 6.08 Å². The van der Waals surface area contributed by atoms with Crippen molar-refractivity contribution in [3.05, 3.63) is 30.2 Å². The third-order valence-electron chi connectivity index (χ3n) is 1.36. The second-order valence-electron chi connectivity index (χ2n) is 2.46. The van der Waals surface area contributed by atoms with E-state index in [1.54, 1.807) is 12.1 Å². The first kappa shape index (κ1) is 10.0. The molecule has 0 aliphatic rings. The Morgan fingerprint density at radius 2 is 2.36 bits per heavy atom. The van der Waals surface area contributed by atoms with Gasteiger partial charge in [0.1, 0.15) is 12.3 Å². The van der Waals surface area contributed by atoms with E-state index in [0.29, 0.717) is 5.76 Å². The van der Waals surface area contributed by atoms with Gasteiger partial charge in [-0.05, 0) is 18.2 Å². The molecule has 14 heavy (non-hydrogen) atoms. The second-order valence-corrected chi connectivity index (χ2v) is 2.46. The Balaban J connectivity index is 2.37. The number of hydrogen-bond donors (Lipinski definition) is 2. The van der Waals surface area contributed by atoms with Crippen molar-refractivity contribution in [2.45, 2.75) is 0 Å². The van der Waals surface area contributed by atoms with Gasteiger partial charge in [0, 0.05) is 6.08 Å². The average Bonchev–Trinajstić information content (AvgIpc) is 2.63. The molecule has 0 aliphatic carbocycles. The van der Waals surface area contributed by atoms with Gasteiger partial charge in [-0.15, -0.1) is 0 Å². The monoisotopic (exact) mass is 195 g/mol. The molecule has 74 valence electrons. The summed E-state index contributed by atoms with van der Waals surface area (Å²) < 4.78 is 4.93. The number of amides is 1. The van der Waals surface area contributed by atoms with Crippen LogP contribution in [0.15, 0.2) is 28.9 Å². The highest BCUT2D eigenvalue weighted by Crippen LogP contribution is 2.01. The zero-order valence-electron chi connectivity index (χ0n) is 7.27. The number of carbonyl (C=O) groups excluding carboxylic acids is 1. The molecule has 5 nitrogen and oxygen atoms in total. The third kappa shape index (κ3) is 3.57. The molecule has 0 fully saturated rings. The quantitative estimate of drug-likeness (QED) is 0.685. The summed E-state index contributed by atoms with van der Waals surface area (Å²) in [6, 6.07) is 3.37. The summed E-state index contributed by atoms with van der Waals surface area (Å²) in [6.45, 7) is -0.388. The summed E-state index contributed by atoms with van der Waals surface area (Å²) in [5, 5.41) is 10.4. The molecule has 0 aliphatic heterocycles. The topological polar surface area (TPSA) is 79.5 Å². The average molecular weight is 195 g/mol. The SMILES string of the molecule is O=C(O)CNC(=O)/C=C\c1ccco1. The molecule has 0 spiro atoms. The number of nitrogens with one attached hydrogen (secondary N) is 1. The van der Waals surface area contributed by atoms with Crippen LogP contribution in [-0.2, 0) is 9.59 Å². The number of furan rings is 1. The van der Waals surface area contributed by atoms with Gasteiger partial charge < -0.3 is 14.8 Å².